The van der Waals surface area contributed by atoms with Gasteiger partial charge in [-0.1, -0.05) is 121 Å². The summed E-state index contributed by atoms with van der Waals surface area (Å²) in [4.78, 5) is 34.6. The molecule has 5 N–H and O–H groups in total. The van der Waals surface area contributed by atoms with Gasteiger partial charge in [-0.3, -0.25) is 14.4 Å². The van der Waals surface area contributed by atoms with Crippen molar-refractivity contribution >= 4 is 50.8 Å². The zero-order valence-electron chi connectivity index (χ0n) is 32.2. The molecule has 0 saturated heterocycles. The number of aliphatic hydroxyl groups excluding tert-OH is 2. The molecule has 0 aliphatic rings. The third kappa shape index (κ3) is 18.8. The molecule has 2 atom stereocenters. The minimum absolute atomic E-state index is 0. The Labute approximate surface area is 372 Å². The van der Waals surface area contributed by atoms with Crippen molar-refractivity contribution in [3.63, 3.8) is 0 Å². The minimum Gasteiger partial charge on any atom is -1.00 e. The van der Waals surface area contributed by atoms with Gasteiger partial charge in [0, 0.05) is 17.2 Å². The Kier molecular flexibility index (Phi) is 26.1. The topological polar surface area (TPSA) is 162 Å². The number of aliphatic hydroxyl groups is 2. The van der Waals surface area contributed by atoms with Crippen molar-refractivity contribution in [2.24, 2.45) is 5.73 Å². The molecular weight excluding hydrogens is 738 g/mol. The predicted molar refractivity (Wildman–Crippen MR) is 209 cm³/mol. The number of carbonyl (C=O) groups excluding carboxylic acids is 3. The van der Waals surface area contributed by atoms with E-state index >= 15 is 0 Å². The first-order valence-corrected chi connectivity index (χ1v) is 17.4. The van der Waals surface area contributed by atoms with Crippen LogP contribution >= 0.6 is 11.6 Å². The molecule has 6 aromatic carbocycles. The van der Waals surface area contributed by atoms with Gasteiger partial charge in [-0.25, -0.2) is 0 Å². The molecule has 9 nitrogen and oxygen atoms in total. The average Bonchev–Trinajstić information content (AvgIpc) is 3.22. The Morgan fingerprint density at radius 1 is 0.673 bits per heavy atom. The van der Waals surface area contributed by atoms with E-state index in [1.165, 1.54) is 11.1 Å². The van der Waals surface area contributed by atoms with E-state index in [0.29, 0.717) is 17.5 Å². The van der Waals surface area contributed by atoms with Gasteiger partial charge in [-0.15, -0.1) is 0 Å². The molecule has 1 amide bonds. The van der Waals surface area contributed by atoms with Gasteiger partial charge in [0.25, 0.3) is 17.6 Å². The quantitative estimate of drug-likeness (QED) is 0.0453. The zero-order chi connectivity index (χ0) is 38.3. The van der Waals surface area contributed by atoms with E-state index in [9.17, 15) is 14.7 Å². The second-order valence-corrected chi connectivity index (χ2v) is 12.3. The Balaban J connectivity index is 0.000000808. The average molecular weight is 783 g/mol. The maximum absolute atomic E-state index is 12.4. The van der Waals surface area contributed by atoms with Crippen molar-refractivity contribution in [1.29, 1.82) is 0 Å². The van der Waals surface area contributed by atoms with Crippen LogP contribution in [0, 0.1) is 0 Å². The Hall–Kier alpha value is -3.42. The van der Waals surface area contributed by atoms with Crippen molar-refractivity contribution in [2.75, 3.05) is 13.2 Å². The molecule has 0 bridgehead atoms. The van der Waals surface area contributed by atoms with Crippen LogP contribution in [-0.2, 0) is 22.5 Å². The summed E-state index contributed by atoms with van der Waals surface area (Å²) >= 11 is 5.36. The van der Waals surface area contributed by atoms with Gasteiger partial charge in [0.1, 0.15) is 0 Å². The molecule has 55 heavy (non-hydrogen) atoms. The molecule has 0 aliphatic heterocycles. The maximum atomic E-state index is 12.4. The van der Waals surface area contributed by atoms with Crippen LogP contribution in [-0.4, -0.2) is 53.1 Å². The van der Waals surface area contributed by atoms with Gasteiger partial charge in [0.2, 0.25) is 0 Å². The first-order valence-electron chi connectivity index (χ1n) is 17.0. The van der Waals surface area contributed by atoms with Crippen LogP contribution in [0.2, 0.25) is 0 Å². The second-order valence-electron chi connectivity index (χ2n) is 11.9. The molecule has 0 aromatic heterocycles. The van der Waals surface area contributed by atoms with E-state index in [0.717, 1.165) is 40.8 Å². The summed E-state index contributed by atoms with van der Waals surface area (Å²) < 4.78 is 0. The summed E-state index contributed by atoms with van der Waals surface area (Å²) in [6.45, 7) is -0.168. The largest absolute Gasteiger partial charge is 1.00 e. The molecule has 6 rings (SSSR count). The Morgan fingerprint density at radius 2 is 1.09 bits per heavy atom. The number of aryl methyl sites for hydroxylation is 2. The van der Waals surface area contributed by atoms with Crippen LogP contribution in [0.3, 0.4) is 0 Å². The monoisotopic (exact) mass is 782 g/mol. The van der Waals surface area contributed by atoms with Crippen molar-refractivity contribution in [3.8, 4) is 0 Å². The van der Waals surface area contributed by atoms with Gasteiger partial charge in [-0.2, -0.15) is 0 Å². The number of fused-ring (bicyclic) bond motifs is 2. The number of hydrogen-bond donors (Lipinski definition) is 4. The molecule has 0 heterocycles. The van der Waals surface area contributed by atoms with E-state index in [-0.39, 0.29) is 98.2 Å². The third-order valence-corrected chi connectivity index (χ3v) is 8.31. The third-order valence-electron chi connectivity index (χ3n) is 8.09. The summed E-state index contributed by atoms with van der Waals surface area (Å²) in [5.74, 6) is -0.145. The van der Waals surface area contributed by atoms with Crippen LogP contribution in [0.5, 0.6) is 0 Å². The van der Waals surface area contributed by atoms with E-state index in [2.05, 4.69) is 34.5 Å². The number of carbonyl (C=O) groups is 3. The summed E-state index contributed by atoms with van der Waals surface area (Å²) in [6.07, 6.45) is 3.33. The predicted octanol–water partition coefficient (Wildman–Crippen LogP) is 0.276. The SMILES string of the molecule is N[C@@H](CO)CCc1ccccc1.O=C(Cl)c1ccc2ccccc2c1.O=C(N[C@@H](CO)CCc1ccccc1)c1ccc2ccccc2c1.O=CO[O-].[H-].[Na+].[Na+]. The number of halogens is 1. The van der Waals surface area contributed by atoms with Crippen LogP contribution in [0.1, 0.15) is 46.1 Å². The molecular formula is C43H45ClN2Na2O7. The molecule has 0 spiro atoms. The zero-order valence-corrected chi connectivity index (χ0v) is 36.0. The van der Waals surface area contributed by atoms with Crippen LogP contribution in [0.15, 0.2) is 146 Å². The van der Waals surface area contributed by atoms with Crippen LogP contribution in [0.25, 0.3) is 21.5 Å². The van der Waals surface area contributed by atoms with Crippen molar-refractivity contribution in [1.82, 2.24) is 5.32 Å². The van der Waals surface area contributed by atoms with E-state index in [1.807, 2.05) is 109 Å². The number of hydrogen-bond acceptors (Lipinski definition) is 8. The fourth-order valence-corrected chi connectivity index (χ4v) is 5.31. The Morgan fingerprint density at radius 3 is 1.53 bits per heavy atom. The van der Waals surface area contributed by atoms with E-state index in [4.69, 9.17) is 32.5 Å². The number of nitrogens with two attached hydrogens (primary N) is 1. The first kappa shape index (κ1) is 49.6. The van der Waals surface area contributed by atoms with Crippen molar-refractivity contribution in [2.45, 2.75) is 37.8 Å². The standard InChI is InChI=1S/C21H21NO2.C11H7ClO.C10H15NO.CH2O3.2Na.H/c23-15-20(13-10-16-6-2-1-3-7-16)22-21(24)19-12-11-17-8-4-5-9-18(17)14-19;12-11(13)10-6-5-8-3-1-2-4-9(8)7-10;11-10(8-12)7-6-9-4-2-1-3-5-9;2-1-4-3;;;/h1-9,11-12,14,20,23H,10,13,15H2,(H,22,24);1-7H;1-5,10,12H,6-8,11H2;1,3H;;;/q;;;;2*+1;-1/p-1/t20-;;10-;;;;/m1.1..../s1. The Bertz CT molecular complexity index is 2000. The smallest absolute Gasteiger partial charge is 1.00 e. The van der Waals surface area contributed by atoms with Crippen LogP contribution < -0.4 is 75.4 Å². The maximum Gasteiger partial charge on any atom is 1.00 e. The fraction of sp³-hybridized carbons (Fsp3) is 0.186. The second kappa shape index (κ2) is 28.9. The molecule has 0 saturated carbocycles. The normalized spacial score (nSPS) is 10.9. The summed E-state index contributed by atoms with van der Waals surface area (Å²) in [5, 5.41) is 33.5. The number of rotatable bonds is 12. The molecule has 6 aromatic rings. The van der Waals surface area contributed by atoms with Gasteiger partial charge < -0.3 is 32.8 Å². The molecule has 12 heteroatoms. The number of benzene rings is 6. The van der Waals surface area contributed by atoms with Crippen molar-refractivity contribution < 1.29 is 95.3 Å². The van der Waals surface area contributed by atoms with Gasteiger partial charge in [0.05, 0.1) is 19.3 Å². The van der Waals surface area contributed by atoms with E-state index in [1.54, 1.807) is 12.1 Å². The summed E-state index contributed by atoms with van der Waals surface area (Å²) in [6, 6.07) is 46.8. The van der Waals surface area contributed by atoms with Crippen molar-refractivity contribution in [3.05, 3.63) is 168 Å². The van der Waals surface area contributed by atoms with E-state index < -0.39 is 5.24 Å². The summed E-state index contributed by atoms with van der Waals surface area (Å²) in [7, 11) is 0. The number of amides is 1. The van der Waals surface area contributed by atoms with Gasteiger partial charge in [0.15, 0.2) is 0 Å². The number of nitrogens with one attached hydrogen (secondary N) is 1. The molecule has 278 valence electrons. The van der Waals surface area contributed by atoms with Gasteiger partial charge >= 0.3 is 59.1 Å². The van der Waals surface area contributed by atoms with Crippen LogP contribution in [0.4, 0.5) is 0 Å². The van der Waals surface area contributed by atoms with Gasteiger partial charge in [-0.05, 0) is 94.2 Å². The molecule has 0 unspecified atom stereocenters. The molecule has 0 aliphatic carbocycles. The molecule has 0 radical (unpaired) electrons. The summed E-state index contributed by atoms with van der Waals surface area (Å²) in [5.41, 5.74) is 9.21. The molecule has 0 fully saturated rings. The fourth-order valence-electron chi connectivity index (χ4n) is 5.19. The first-order chi connectivity index (χ1) is 25.8. The minimum atomic E-state index is -0.411.